The Hall–Kier alpha value is -1.98. The van der Waals surface area contributed by atoms with Crippen LogP contribution in [0.3, 0.4) is 0 Å². The molecule has 4 nitrogen and oxygen atoms in total. The second kappa shape index (κ2) is 7.94. The van der Waals surface area contributed by atoms with Crippen LogP contribution < -0.4 is 14.9 Å². The molecule has 0 amide bonds. The van der Waals surface area contributed by atoms with Crippen molar-refractivity contribution in [3.8, 4) is 11.5 Å². The van der Waals surface area contributed by atoms with Crippen LogP contribution in [0.15, 0.2) is 48.5 Å². The van der Waals surface area contributed by atoms with E-state index in [0.29, 0.717) is 19.8 Å². The number of ether oxygens (including phenoxy) is 2. The van der Waals surface area contributed by atoms with Crippen LogP contribution in [-0.4, -0.2) is 30.9 Å². The molecule has 0 aromatic heterocycles. The van der Waals surface area contributed by atoms with Gasteiger partial charge in [-0.25, -0.2) is 0 Å². The third-order valence-corrected chi connectivity index (χ3v) is 4.57. The Morgan fingerprint density at radius 1 is 1.00 bits per heavy atom. The van der Waals surface area contributed by atoms with Crippen LogP contribution >= 0.6 is 0 Å². The van der Waals surface area contributed by atoms with Crippen LogP contribution in [0.1, 0.15) is 33.3 Å². The van der Waals surface area contributed by atoms with E-state index in [1.54, 1.807) is 21.0 Å². The molecule has 1 N–H and O–H groups in total. The van der Waals surface area contributed by atoms with E-state index < -0.39 is 11.2 Å². The highest BCUT2D eigenvalue weighted by Gasteiger charge is 2.35. The number of methoxy groups -OCH3 is 1. The lowest BCUT2D eigenvalue weighted by atomic mass is 9.82. The SMILES string of the molecule is COc1cc(OCc2ccccc2)ccc1BOC(C)(C)C(C)(C)O. The van der Waals surface area contributed by atoms with Gasteiger partial charge in [0, 0.05) is 6.07 Å². The summed E-state index contributed by atoms with van der Waals surface area (Å²) >= 11 is 0. The minimum absolute atomic E-state index is 0.346. The molecule has 0 bridgehead atoms. The molecule has 0 aliphatic heterocycles. The Labute approximate surface area is 151 Å². The topological polar surface area (TPSA) is 47.9 Å². The van der Waals surface area contributed by atoms with Gasteiger partial charge in [0.15, 0.2) is 0 Å². The molecule has 25 heavy (non-hydrogen) atoms. The van der Waals surface area contributed by atoms with Gasteiger partial charge in [0.05, 0.1) is 18.3 Å². The standard InChI is InChI=1S/C20H27BO4/c1-19(2,22)20(3,4)25-21-17-12-11-16(13-18(17)23-5)24-14-15-9-7-6-8-10-15/h6-13,21-22H,14H2,1-5H3. The van der Waals surface area contributed by atoms with Crippen molar-refractivity contribution in [1.29, 1.82) is 0 Å². The minimum Gasteiger partial charge on any atom is -0.497 e. The summed E-state index contributed by atoms with van der Waals surface area (Å²) in [6, 6.07) is 15.7. The highest BCUT2D eigenvalue weighted by atomic mass is 16.5. The molecule has 2 rings (SSSR count). The van der Waals surface area contributed by atoms with Crippen molar-refractivity contribution in [2.75, 3.05) is 7.11 Å². The van der Waals surface area contributed by atoms with Gasteiger partial charge in [-0.15, -0.1) is 0 Å². The minimum atomic E-state index is -0.945. The fraction of sp³-hybridized carbons (Fsp3) is 0.400. The van der Waals surface area contributed by atoms with Gasteiger partial charge in [0.25, 0.3) is 0 Å². The van der Waals surface area contributed by atoms with E-state index in [0.717, 1.165) is 16.8 Å². The first kappa shape index (κ1) is 19.4. The van der Waals surface area contributed by atoms with E-state index in [9.17, 15) is 5.11 Å². The predicted octanol–water partition coefficient (Wildman–Crippen LogP) is 2.82. The van der Waals surface area contributed by atoms with E-state index in [4.69, 9.17) is 14.1 Å². The third kappa shape index (κ3) is 5.25. The molecule has 5 heteroatoms. The zero-order valence-electron chi connectivity index (χ0n) is 15.7. The summed E-state index contributed by atoms with van der Waals surface area (Å²) < 4.78 is 17.2. The van der Waals surface area contributed by atoms with E-state index in [1.807, 2.05) is 62.4 Å². The van der Waals surface area contributed by atoms with Crippen molar-refractivity contribution in [3.05, 3.63) is 54.1 Å². The molecule has 2 aromatic carbocycles. The van der Waals surface area contributed by atoms with Gasteiger partial charge in [-0.05, 0) is 44.8 Å². The average Bonchev–Trinajstić information content (AvgIpc) is 2.58. The van der Waals surface area contributed by atoms with Gasteiger partial charge in [-0.1, -0.05) is 36.4 Å². The molecule has 0 atom stereocenters. The number of hydrogen-bond acceptors (Lipinski definition) is 4. The number of aliphatic hydroxyl groups is 1. The Morgan fingerprint density at radius 2 is 1.68 bits per heavy atom. The lowest BCUT2D eigenvalue weighted by Crippen LogP contribution is -2.49. The molecule has 0 radical (unpaired) electrons. The molecule has 0 saturated heterocycles. The summed E-state index contributed by atoms with van der Waals surface area (Å²) in [6.07, 6.45) is 0. The molecule has 134 valence electrons. The Bertz CT molecular complexity index is 678. The molecule has 0 heterocycles. The normalized spacial score (nSPS) is 11.9. The third-order valence-electron chi connectivity index (χ3n) is 4.57. The van der Waals surface area contributed by atoms with Crippen LogP contribution in [0.25, 0.3) is 0 Å². The van der Waals surface area contributed by atoms with Gasteiger partial charge < -0.3 is 19.2 Å². The van der Waals surface area contributed by atoms with Crippen molar-refractivity contribution in [3.63, 3.8) is 0 Å². The zero-order chi connectivity index (χ0) is 18.5. The lowest BCUT2D eigenvalue weighted by molar-refractivity contribution is -0.0893. The highest BCUT2D eigenvalue weighted by molar-refractivity contribution is 6.48. The molecule has 0 saturated carbocycles. The van der Waals surface area contributed by atoms with Crippen molar-refractivity contribution in [2.45, 2.75) is 45.5 Å². The summed E-state index contributed by atoms with van der Waals surface area (Å²) in [5.41, 5.74) is 0.395. The monoisotopic (exact) mass is 342 g/mol. The largest absolute Gasteiger partial charge is 0.497 e. The Kier molecular flexibility index (Phi) is 6.14. The highest BCUT2D eigenvalue weighted by Crippen LogP contribution is 2.25. The molecule has 2 aromatic rings. The first-order valence-corrected chi connectivity index (χ1v) is 8.43. The summed E-state index contributed by atoms with van der Waals surface area (Å²) in [5, 5.41) is 10.2. The summed E-state index contributed by atoms with van der Waals surface area (Å²) in [6.45, 7) is 7.73. The van der Waals surface area contributed by atoms with Gasteiger partial charge in [0.2, 0.25) is 0 Å². The Morgan fingerprint density at radius 3 is 2.28 bits per heavy atom. The van der Waals surface area contributed by atoms with E-state index >= 15 is 0 Å². The zero-order valence-corrected chi connectivity index (χ0v) is 15.7. The van der Waals surface area contributed by atoms with Crippen LogP contribution in [0.4, 0.5) is 0 Å². The molecule has 0 fully saturated rings. The van der Waals surface area contributed by atoms with Crippen LogP contribution in [0.5, 0.6) is 11.5 Å². The molecule has 0 aliphatic carbocycles. The molecular formula is C20H27BO4. The maximum absolute atomic E-state index is 10.2. The average molecular weight is 342 g/mol. The van der Waals surface area contributed by atoms with Crippen LogP contribution in [0, 0.1) is 0 Å². The predicted molar refractivity (Wildman–Crippen MR) is 102 cm³/mol. The number of hydrogen-bond donors (Lipinski definition) is 1. The van der Waals surface area contributed by atoms with Crippen molar-refractivity contribution in [2.24, 2.45) is 0 Å². The number of benzene rings is 2. The number of rotatable bonds is 8. The van der Waals surface area contributed by atoms with Crippen molar-refractivity contribution in [1.82, 2.24) is 0 Å². The quantitative estimate of drug-likeness (QED) is 0.750. The first-order chi connectivity index (χ1) is 11.7. The summed E-state index contributed by atoms with van der Waals surface area (Å²) in [7, 11) is 1.97. The maximum Gasteiger partial charge on any atom is 0.313 e. The van der Waals surface area contributed by atoms with E-state index in [-0.39, 0.29) is 0 Å². The summed E-state index contributed by atoms with van der Waals surface area (Å²) in [5.74, 6) is 1.45. The Balaban J connectivity index is 2.04. The van der Waals surface area contributed by atoms with Gasteiger partial charge in [-0.3, -0.25) is 0 Å². The van der Waals surface area contributed by atoms with Gasteiger partial charge in [-0.2, -0.15) is 0 Å². The van der Waals surface area contributed by atoms with E-state index in [2.05, 4.69) is 0 Å². The second-order valence-corrected chi connectivity index (χ2v) is 7.11. The van der Waals surface area contributed by atoms with Crippen molar-refractivity contribution >= 4 is 12.9 Å². The van der Waals surface area contributed by atoms with Crippen LogP contribution in [-0.2, 0) is 11.3 Å². The molecule has 0 unspecified atom stereocenters. The molecular weight excluding hydrogens is 315 g/mol. The van der Waals surface area contributed by atoms with Crippen LogP contribution in [0.2, 0.25) is 0 Å². The fourth-order valence-corrected chi connectivity index (χ4v) is 2.11. The molecule has 0 spiro atoms. The maximum atomic E-state index is 10.2. The van der Waals surface area contributed by atoms with Gasteiger partial charge >= 0.3 is 7.48 Å². The second-order valence-electron chi connectivity index (χ2n) is 7.11. The van der Waals surface area contributed by atoms with Crippen molar-refractivity contribution < 1.29 is 19.2 Å². The van der Waals surface area contributed by atoms with E-state index in [1.165, 1.54) is 0 Å². The van der Waals surface area contributed by atoms with Gasteiger partial charge in [0.1, 0.15) is 18.1 Å². The smallest absolute Gasteiger partial charge is 0.313 e. The first-order valence-electron chi connectivity index (χ1n) is 8.43. The summed E-state index contributed by atoms with van der Waals surface area (Å²) in [4.78, 5) is 0. The molecule has 0 aliphatic rings. The lowest BCUT2D eigenvalue weighted by Gasteiger charge is -2.37. The fourth-order valence-electron chi connectivity index (χ4n) is 2.11.